The highest BCUT2D eigenvalue weighted by Crippen LogP contribution is 2.02. The Kier molecular flexibility index (Phi) is 6.84. The number of hydrogen-bond donors (Lipinski definition) is 0. The van der Waals surface area contributed by atoms with Gasteiger partial charge in [0.15, 0.2) is 0 Å². The molecule has 0 rings (SSSR count). The number of ether oxygens (including phenoxy) is 1. The number of rotatable bonds is 6. The van der Waals surface area contributed by atoms with E-state index in [0.29, 0.717) is 12.5 Å². The third-order valence-corrected chi connectivity index (χ3v) is 3.29. The van der Waals surface area contributed by atoms with E-state index in [1.807, 2.05) is 13.8 Å². The second-order valence-corrected chi connectivity index (χ2v) is 5.36. The van der Waals surface area contributed by atoms with Crippen LogP contribution in [0.4, 0.5) is 0 Å². The summed E-state index contributed by atoms with van der Waals surface area (Å²) in [5.74, 6) is -0.179. The predicted octanol–water partition coefficient (Wildman–Crippen LogP) is 0.841. The van der Waals surface area contributed by atoms with Gasteiger partial charge in [0.2, 0.25) is 0 Å². The lowest BCUT2D eigenvalue weighted by Gasteiger charge is -2.11. The first-order valence-corrected chi connectivity index (χ1v) is 6.11. The van der Waals surface area contributed by atoms with E-state index in [-0.39, 0.29) is 12.1 Å². The molecule has 0 saturated heterocycles. The summed E-state index contributed by atoms with van der Waals surface area (Å²) in [4.78, 5) is 11.1. The molecule has 0 aromatic carbocycles. The third-order valence-electron chi connectivity index (χ3n) is 1.48. The summed E-state index contributed by atoms with van der Waals surface area (Å²) in [6.45, 7) is 3.67. The number of esters is 1. The molecule has 78 valence electrons. The molecule has 0 radical (unpaired) electrons. The van der Waals surface area contributed by atoms with Gasteiger partial charge in [0, 0.05) is 20.6 Å². The van der Waals surface area contributed by atoms with Gasteiger partial charge in [-0.25, -0.2) is 0 Å². The minimum Gasteiger partial charge on any atom is -0.463 e. The van der Waals surface area contributed by atoms with Crippen LogP contribution in [-0.2, 0) is 18.4 Å². The van der Waals surface area contributed by atoms with Gasteiger partial charge >= 0.3 is 15.3 Å². The van der Waals surface area contributed by atoms with Crippen molar-refractivity contribution in [1.29, 1.82) is 0 Å². The van der Waals surface area contributed by atoms with Crippen molar-refractivity contribution in [1.82, 2.24) is 0 Å². The zero-order valence-electron chi connectivity index (χ0n) is 8.70. The monoisotopic (exact) mass is 206 g/mol. The van der Waals surface area contributed by atoms with Crippen LogP contribution < -0.4 is 0 Å². The van der Waals surface area contributed by atoms with Crippen molar-refractivity contribution in [2.24, 2.45) is 0 Å². The molecule has 0 atom stereocenters. The number of carbonyl (C=O) groups is 1. The molecule has 4 nitrogen and oxygen atoms in total. The highest BCUT2D eigenvalue weighted by molar-refractivity contribution is 6.44. The summed E-state index contributed by atoms with van der Waals surface area (Å²) in [6.07, 6.45) is 0.342. The summed E-state index contributed by atoms with van der Waals surface area (Å²) in [5, 5.41) is 0. The highest BCUT2D eigenvalue weighted by atomic mass is 28.3. The predicted molar refractivity (Wildman–Crippen MR) is 51.8 cm³/mol. The molecule has 0 fully saturated rings. The van der Waals surface area contributed by atoms with Gasteiger partial charge in [-0.1, -0.05) is 0 Å². The molecule has 0 aliphatic heterocycles. The molecular formula is C8H18O4Si. The van der Waals surface area contributed by atoms with Crippen molar-refractivity contribution in [3.05, 3.63) is 0 Å². The fourth-order valence-electron chi connectivity index (χ4n) is 0.889. The van der Waals surface area contributed by atoms with Gasteiger partial charge in [-0.15, -0.1) is 0 Å². The van der Waals surface area contributed by atoms with Crippen LogP contribution in [0.1, 0.15) is 20.3 Å². The Hall–Kier alpha value is -0.393. The molecule has 5 heteroatoms. The SMILES string of the molecule is CO[SiH](CCC(=O)OC(C)C)OC. The normalized spacial score (nSPS) is 10.9. The smallest absolute Gasteiger partial charge is 0.321 e. The molecule has 0 heterocycles. The van der Waals surface area contributed by atoms with Gasteiger partial charge in [-0.2, -0.15) is 0 Å². The van der Waals surface area contributed by atoms with Crippen molar-refractivity contribution in [2.75, 3.05) is 14.2 Å². The topological polar surface area (TPSA) is 44.8 Å². The largest absolute Gasteiger partial charge is 0.463 e. The van der Waals surface area contributed by atoms with Gasteiger partial charge in [-0.3, -0.25) is 4.79 Å². The molecule has 0 bridgehead atoms. The van der Waals surface area contributed by atoms with E-state index in [0.717, 1.165) is 0 Å². The second-order valence-electron chi connectivity index (χ2n) is 2.98. The van der Waals surface area contributed by atoms with Gasteiger partial charge in [0.1, 0.15) is 0 Å². The first kappa shape index (κ1) is 12.6. The molecule has 0 spiro atoms. The average Bonchev–Trinajstić information content (AvgIpc) is 2.05. The van der Waals surface area contributed by atoms with Crippen molar-refractivity contribution < 1.29 is 18.4 Å². The molecule has 0 aliphatic rings. The van der Waals surface area contributed by atoms with Gasteiger partial charge in [-0.05, 0) is 19.9 Å². The van der Waals surface area contributed by atoms with Crippen LogP contribution in [0.2, 0.25) is 6.04 Å². The van der Waals surface area contributed by atoms with Gasteiger partial charge < -0.3 is 13.6 Å². The van der Waals surface area contributed by atoms with Crippen LogP contribution in [-0.4, -0.2) is 35.6 Å². The maximum atomic E-state index is 11.1. The Labute approximate surface area is 81.0 Å². The molecular weight excluding hydrogens is 188 g/mol. The molecule has 13 heavy (non-hydrogen) atoms. The van der Waals surface area contributed by atoms with E-state index in [1.54, 1.807) is 14.2 Å². The summed E-state index contributed by atoms with van der Waals surface area (Å²) < 4.78 is 15.1. The lowest BCUT2D eigenvalue weighted by atomic mass is 10.4. The van der Waals surface area contributed by atoms with Crippen LogP contribution in [0.25, 0.3) is 0 Å². The second kappa shape index (κ2) is 7.05. The minimum absolute atomic E-state index is 0.0438. The maximum Gasteiger partial charge on any atom is 0.321 e. The first-order chi connectivity index (χ1) is 6.10. The Morgan fingerprint density at radius 3 is 2.23 bits per heavy atom. The first-order valence-electron chi connectivity index (χ1n) is 4.35. The Morgan fingerprint density at radius 2 is 1.85 bits per heavy atom. The highest BCUT2D eigenvalue weighted by Gasteiger charge is 2.13. The van der Waals surface area contributed by atoms with E-state index >= 15 is 0 Å². The van der Waals surface area contributed by atoms with E-state index in [2.05, 4.69) is 0 Å². The van der Waals surface area contributed by atoms with E-state index in [4.69, 9.17) is 13.6 Å². The Bertz CT molecular complexity index is 145. The number of hydrogen-bond acceptors (Lipinski definition) is 4. The summed E-state index contributed by atoms with van der Waals surface area (Å²) in [6, 6.07) is 0.665. The van der Waals surface area contributed by atoms with E-state index in [1.165, 1.54) is 0 Å². The Morgan fingerprint density at radius 1 is 1.31 bits per heavy atom. The fraction of sp³-hybridized carbons (Fsp3) is 0.875. The summed E-state index contributed by atoms with van der Waals surface area (Å²) >= 11 is 0. The van der Waals surface area contributed by atoms with Crippen LogP contribution in [0.5, 0.6) is 0 Å². The quantitative estimate of drug-likeness (QED) is 0.477. The number of carbonyl (C=O) groups excluding carboxylic acids is 1. The van der Waals surface area contributed by atoms with Crippen LogP contribution in [0, 0.1) is 0 Å². The summed E-state index contributed by atoms with van der Waals surface area (Å²) in [7, 11) is 1.62. The third kappa shape index (κ3) is 6.74. The zero-order valence-corrected chi connectivity index (χ0v) is 9.86. The Balaban J connectivity index is 3.56. The van der Waals surface area contributed by atoms with Crippen LogP contribution in [0.15, 0.2) is 0 Å². The van der Waals surface area contributed by atoms with E-state index < -0.39 is 9.28 Å². The summed E-state index contributed by atoms with van der Waals surface area (Å²) in [5.41, 5.74) is 0. The lowest BCUT2D eigenvalue weighted by molar-refractivity contribution is -0.147. The lowest BCUT2D eigenvalue weighted by Crippen LogP contribution is -2.21. The zero-order chi connectivity index (χ0) is 10.3. The minimum atomic E-state index is -1.59. The van der Waals surface area contributed by atoms with Crippen molar-refractivity contribution in [3.8, 4) is 0 Å². The molecule has 0 aliphatic carbocycles. The average molecular weight is 206 g/mol. The van der Waals surface area contributed by atoms with E-state index in [9.17, 15) is 4.79 Å². The molecule has 0 unspecified atom stereocenters. The fourth-order valence-corrected chi connectivity index (χ4v) is 2.02. The molecule has 0 aromatic rings. The van der Waals surface area contributed by atoms with Gasteiger partial charge in [0.25, 0.3) is 0 Å². The van der Waals surface area contributed by atoms with Crippen LogP contribution >= 0.6 is 0 Å². The molecule has 0 aromatic heterocycles. The van der Waals surface area contributed by atoms with Gasteiger partial charge in [0.05, 0.1) is 6.10 Å². The molecule has 0 amide bonds. The van der Waals surface area contributed by atoms with Crippen LogP contribution in [0.3, 0.4) is 0 Å². The standard InChI is InChI=1S/C8H18O4Si/c1-7(2)12-8(9)5-6-13(10-3)11-4/h7,13H,5-6H2,1-4H3. The van der Waals surface area contributed by atoms with Crippen molar-refractivity contribution >= 4 is 15.3 Å². The molecule has 0 saturated carbocycles. The maximum absolute atomic E-state index is 11.1. The van der Waals surface area contributed by atoms with Crippen molar-refractivity contribution in [3.63, 3.8) is 0 Å². The van der Waals surface area contributed by atoms with Crippen molar-refractivity contribution in [2.45, 2.75) is 32.4 Å². The molecule has 0 N–H and O–H groups in total.